The number of aliphatic hydroxyl groups excluding tert-OH is 1. The van der Waals surface area contributed by atoms with Gasteiger partial charge in [0.2, 0.25) is 0 Å². The van der Waals surface area contributed by atoms with Gasteiger partial charge in [-0.1, -0.05) is 23.7 Å². The number of thiophene rings is 1. The highest BCUT2D eigenvalue weighted by Crippen LogP contribution is 2.38. The smallest absolute Gasteiger partial charge is 0.433 e. The maximum absolute atomic E-state index is 13.3. The molecule has 226 valence electrons. The standard InChI is InChI=1S/C15H7F6N3O2.C8H10ClN2O3S2/c16-14(17,18)8-3-1-7(2-4-8)10-5-11(15(19,20)21)24-12(23-10)9(6-22-24)13(25)26;9-8-6(10)3-7(15-8)16(13,14)11-2-1-5(12)4-11/h1-6H,(H,25,26);3,5,10,12H,1-2,4H2/q;-1. The van der Waals surface area contributed by atoms with Crippen molar-refractivity contribution in [3.63, 3.8) is 0 Å². The highest BCUT2D eigenvalue weighted by Gasteiger charge is 2.36. The fraction of sp³-hybridized carbons (Fsp3) is 0.261. The lowest BCUT2D eigenvalue weighted by molar-refractivity contribution is -0.142. The van der Waals surface area contributed by atoms with Crippen LogP contribution in [0, 0.1) is 0 Å². The number of carboxylic acid groups (broad SMARTS) is 1. The van der Waals surface area contributed by atoms with Gasteiger partial charge in [0.15, 0.2) is 11.3 Å². The van der Waals surface area contributed by atoms with Gasteiger partial charge >= 0.3 is 18.3 Å². The zero-order valence-corrected chi connectivity index (χ0v) is 23.0. The van der Waals surface area contributed by atoms with Crippen molar-refractivity contribution in [2.45, 2.75) is 29.1 Å². The van der Waals surface area contributed by atoms with E-state index in [9.17, 15) is 44.7 Å². The number of nitrogens with zero attached hydrogens (tertiary/aromatic N) is 4. The van der Waals surface area contributed by atoms with Crippen molar-refractivity contribution >= 4 is 50.3 Å². The number of alkyl halides is 6. The molecule has 0 spiro atoms. The zero-order valence-electron chi connectivity index (χ0n) is 20.6. The van der Waals surface area contributed by atoms with Crippen LogP contribution in [-0.2, 0) is 22.4 Å². The van der Waals surface area contributed by atoms with Gasteiger partial charge in [-0.3, -0.25) is 0 Å². The van der Waals surface area contributed by atoms with Crippen molar-refractivity contribution in [1.29, 1.82) is 0 Å². The lowest BCUT2D eigenvalue weighted by Gasteiger charge is -2.13. The number of carboxylic acids is 1. The van der Waals surface area contributed by atoms with E-state index in [0.717, 1.165) is 29.7 Å². The van der Waals surface area contributed by atoms with Gasteiger partial charge in [0, 0.05) is 18.7 Å². The quantitative estimate of drug-likeness (QED) is 0.257. The summed E-state index contributed by atoms with van der Waals surface area (Å²) in [6, 6.07) is 5.14. The summed E-state index contributed by atoms with van der Waals surface area (Å²) in [6.07, 6.45) is -8.91. The molecule has 10 nitrogen and oxygen atoms in total. The van der Waals surface area contributed by atoms with E-state index in [4.69, 9.17) is 22.4 Å². The molecule has 3 aromatic heterocycles. The molecule has 19 heteroatoms. The molecule has 1 aromatic carbocycles. The van der Waals surface area contributed by atoms with Crippen molar-refractivity contribution in [2.75, 3.05) is 13.1 Å². The molecule has 0 amide bonds. The van der Waals surface area contributed by atoms with E-state index in [-0.39, 0.29) is 32.0 Å². The number of hydrogen-bond acceptors (Lipinski definition) is 7. The molecule has 1 aliphatic heterocycles. The van der Waals surface area contributed by atoms with E-state index in [1.165, 1.54) is 10.4 Å². The minimum Gasteiger partial charge on any atom is -0.697 e. The first-order valence-corrected chi connectivity index (χ1v) is 14.1. The monoisotopic (exact) mass is 656 g/mol. The summed E-state index contributed by atoms with van der Waals surface area (Å²) < 4.78 is 103. The molecule has 5 rings (SSSR count). The number of rotatable bonds is 4. The number of aliphatic hydroxyl groups is 1. The lowest BCUT2D eigenvalue weighted by Crippen LogP contribution is -2.29. The summed E-state index contributed by atoms with van der Waals surface area (Å²) in [7, 11) is -3.59. The Morgan fingerprint density at radius 3 is 2.21 bits per heavy atom. The van der Waals surface area contributed by atoms with Crippen molar-refractivity contribution in [3.05, 3.63) is 69.5 Å². The summed E-state index contributed by atoms with van der Waals surface area (Å²) in [5.41, 5.74) is 3.61. The Labute approximate surface area is 241 Å². The van der Waals surface area contributed by atoms with Crippen LogP contribution in [0.2, 0.25) is 4.34 Å². The largest absolute Gasteiger partial charge is 0.697 e. The van der Waals surface area contributed by atoms with Gasteiger partial charge in [0.05, 0.1) is 27.9 Å². The first kappa shape index (κ1) is 31.5. The maximum atomic E-state index is 13.3. The van der Waals surface area contributed by atoms with Gasteiger partial charge in [-0.05, 0) is 30.7 Å². The Hall–Kier alpha value is -3.45. The number of aromatic nitrogens is 3. The summed E-state index contributed by atoms with van der Waals surface area (Å²) in [5, 5.41) is 21.7. The predicted molar refractivity (Wildman–Crippen MR) is 138 cm³/mol. The average Bonchev–Trinajstić information content (AvgIpc) is 3.61. The van der Waals surface area contributed by atoms with E-state index >= 15 is 0 Å². The molecule has 1 fully saturated rings. The molecule has 0 radical (unpaired) electrons. The molecule has 1 saturated heterocycles. The van der Waals surface area contributed by atoms with E-state index in [1.54, 1.807) is 0 Å². The van der Waals surface area contributed by atoms with Gasteiger partial charge in [-0.2, -0.15) is 35.7 Å². The number of aromatic carboxylic acids is 1. The highest BCUT2D eigenvalue weighted by molar-refractivity contribution is 7.91. The van der Waals surface area contributed by atoms with Crippen LogP contribution in [0.4, 0.5) is 32.0 Å². The van der Waals surface area contributed by atoms with Crippen LogP contribution < -0.4 is 0 Å². The van der Waals surface area contributed by atoms with Crippen LogP contribution in [0.25, 0.3) is 22.6 Å². The number of benzene rings is 1. The number of halogens is 7. The van der Waals surface area contributed by atoms with Crippen LogP contribution in [0.1, 0.15) is 28.0 Å². The summed E-state index contributed by atoms with van der Waals surface area (Å²) in [6.45, 7) is 0.428. The number of β-amino-alcohol motifs (C(OH)–C–C–N with tert-alkyl or cyclic N) is 1. The van der Waals surface area contributed by atoms with Crippen molar-refractivity contribution in [1.82, 2.24) is 18.9 Å². The number of sulfonamides is 1. The number of fused-ring (bicyclic) bond motifs is 1. The minimum absolute atomic E-state index is 0.0185. The third kappa shape index (κ3) is 6.46. The number of nitrogens with one attached hydrogen (secondary N) is 1. The molecule has 0 bridgehead atoms. The van der Waals surface area contributed by atoms with Gasteiger partial charge in [0.1, 0.15) is 9.77 Å². The molecule has 4 aromatic rings. The summed E-state index contributed by atoms with van der Waals surface area (Å²) in [5.74, 6) is -1.54. The van der Waals surface area contributed by atoms with Crippen LogP contribution in [0.3, 0.4) is 0 Å². The second-order valence-electron chi connectivity index (χ2n) is 8.76. The lowest BCUT2D eigenvalue weighted by atomic mass is 10.1. The predicted octanol–water partition coefficient (Wildman–Crippen LogP) is 5.97. The van der Waals surface area contributed by atoms with Crippen LogP contribution in [-0.4, -0.2) is 62.7 Å². The van der Waals surface area contributed by atoms with Gasteiger partial charge in [0.25, 0.3) is 10.0 Å². The minimum atomic E-state index is -4.89. The van der Waals surface area contributed by atoms with Crippen molar-refractivity contribution in [2.24, 2.45) is 0 Å². The zero-order chi connectivity index (χ0) is 31.2. The molecule has 1 atom stereocenters. The summed E-state index contributed by atoms with van der Waals surface area (Å²) >= 11 is 6.55. The molecule has 0 aliphatic carbocycles. The SMILES string of the molecule is O=C(O)c1cnn2c(C(F)(F)F)cc(-c3ccc(C(F)(F)F)cc3)nc12.[NH-]c1cc(S(=O)(=O)N2CCC(O)C2)sc1Cl. The van der Waals surface area contributed by atoms with Gasteiger partial charge < -0.3 is 15.9 Å². The van der Waals surface area contributed by atoms with Crippen molar-refractivity contribution < 1.29 is 49.8 Å². The molecule has 1 unspecified atom stereocenters. The Kier molecular flexibility index (Phi) is 8.49. The second kappa shape index (κ2) is 11.3. The molecular formula is C23H17ClF6N5O5S2-. The fourth-order valence-electron chi connectivity index (χ4n) is 3.82. The highest BCUT2D eigenvalue weighted by atomic mass is 35.5. The van der Waals surface area contributed by atoms with Crippen LogP contribution in [0.5, 0.6) is 0 Å². The van der Waals surface area contributed by atoms with E-state index in [1.807, 2.05) is 0 Å². The second-order valence-corrected chi connectivity index (χ2v) is 12.6. The normalized spacial score (nSPS) is 16.4. The van der Waals surface area contributed by atoms with Crippen molar-refractivity contribution in [3.8, 4) is 11.3 Å². The Balaban J connectivity index is 0.000000216. The third-order valence-electron chi connectivity index (χ3n) is 5.89. The molecule has 0 saturated carbocycles. The van der Waals surface area contributed by atoms with E-state index in [2.05, 4.69) is 10.1 Å². The van der Waals surface area contributed by atoms with E-state index < -0.39 is 56.9 Å². The number of hydrogen-bond donors (Lipinski definition) is 2. The molecule has 42 heavy (non-hydrogen) atoms. The Morgan fingerprint density at radius 2 is 1.74 bits per heavy atom. The molecule has 1 aliphatic rings. The van der Waals surface area contributed by atoms with Gasteiger partial charge in [-0.15, -0.1) is 17.0 Å². The number of carbonyl (C=O) groups is 1. The maximum Gasteiger partial charge on any atom is 0.433 e. The topological polar surface area (TPSA) is 149 Å². The molecule has 4 heterocycles. The van der Waals surface area contributed by atoms with E-state index in [0.29, 0.717) is 35.7 Å². The average molecular weight is 657 g/mol. The first-order chi connectivity index (χ1) is 19.4. The fourth-order valence-corrected chi connectivity index (χ4v) is 7.01. The third-order valence-corrected chi connectivity index (χ3v) is 9.56. The Bertz CT molecular complexity index is 1720. The first-order valence-electron chi connectivity index (χ1n) is 11.5. The molecular weight excluding hydrogens is 640 g/mol. The van der Waals surface area contributed by atoms with Gasteiger partial charge in [-0.25, -0.2) is 22.7 Å². The van der Waals surface area contributed by atoms with Crippen LogP contribution in [0.15, 0.2) is 46.8 Å². The summed E-state index contributed by atoms with van der Waals surface area (Å²) in [4.78, 5) is 15.0. The van der Waals surface area contributed by atoms with Crippen LogP contribution >= 0.6 is 22.9 Å². The molecule has 3 N–H and O–H groups in total. The Morgan fingerprint density at radius 1 is 1.10 bits per heavy atom.